The van der Waals surface area contributed by atoms with Gasteiger partial charge in [-0.05, 0) is 56.4 Å². The maximum Gasteiger partial charge on any atom is 0.271 e. The minimum Gasteiger partial charge on any atom is -0.347 e. The summed E-state index contributed by atoms with van der Waals surface area (Å²) in [6.45, 7) is 4.50. The molecule has 2 saturated carbocycles. The van der Waals surface area contributed by atoms with E-state index in [1.54, 1.807) is 15.3 Å². The number of carbonyl (C=O) groups excluding carboxylic acids is 2. The lowest BCUT2D eigenvalue weighted by Crippen LogP contribution is -2.38. The maximum absolute atomic E-state index is 14.0. The van der Waals surface area contributed by atoms with Gasteiger partial charge in [0.25, 0.3) is 5.91 Å². The van der Waals surface area contributed by atoms with E-state index in [1.807, 2.05) is 26.1 Å². The molecule has 0 radical (unpaired) electrons. The van der Waals surface area contributed by atoms with Gasteiger partial charge in [0.2, 0.25) is 17.6 Å². The first-order valence-electron chi connectivity index (χ1n) is 14.0. The Kier molecular flexibility index (Phi) is 7.90. The summed E-state index contributed by atoms with van der Waals surface area (Å²) < 4.78 is 31.3. The molecule has 3 aromatic heterocycles. The number of imidazole rings is 1. The Balaban J connectivity index is 1.43. The lowest BCUT2D eigenvalue weighted by molar-refractivity contribution is -0.122. The highest BCUT2D eigenvalue weighted by molar-refractivity contribution is 5.92. The third-order valence-corrected chi connectivity index (χ3v) is 7.70. The van der Waals surface area contributed by atoms with E-state index in [-0.39, 0.29) is 49.5 Å². The molecule has 2 amide bonds. The lowest BCUT2D eigenvalue weighted by Gasteiger charge is -2.33. The molecule has 0 bridgehead atoms. The van der Waals surface area contributed by atoms with Crippen LogP contribution in [0, 0.1) is 11.8 Å². The summed E-state index contributed by atoms with van der Waals surface area (Å²) >= 11 is 0. The van der Waals surface area contributed by atoms with E-state index in [2.05, 4.69) is 20.9 Å². The number of amides is 2. The van der Waals surface area contributed by atoms with Crippen molar-refractivity contribution >= 4 is 17.6 Å². The van der Waals surface area contributed by atoms with Crippen molar-refractivity contribution in [3.05, 3.63) is 41.7 Å². The van der Waals surface area contributed by atoms with Crippen molar-refractivity contribution in [2.24, 2.45) is 11.8 Å². The number of hydrogen-bond donors (Lipinski definition) is 2. The van der Waals surface area contributed by atoms with Crippen molar-refractivity contribution in [2.45, 2.75) is 96.2 Å². The average Bonchev–Trinajstić information content (AvgIpc) is 3.48. The zero-order valence-electron chi connectivity index (χ0n) is 22.4. The van der Waals surface area contributed by atoms with E-state index < -0.39 is 12.0 Å². The number of nitrogens with zero attached hydrogens (tertiary/aromatic N) is 6. The van der Waals surface area contributed by atoms with Gasteiger partial charge in [-0.3, -0.25) is 14.0 Å². The summed E-state index contributed by atoms with van der Waals surface area (Å²) in [4.78, 5) is 35.2. The molecule has 3 heterocycles. The summed E-state index contributed by atoms with van der Waals surface area (Å²) in [7, 11) is 0. The molecule has 0 saturated heterocycles. The number of carbonyl (C=O) groups is 2. The van der Waals surface area contributed by atoms with Crippen LogP contribution in [-0.2, 0) is 11.3 Å². The topological polar surface area (TPSA) is 119 Å². The zero-order chi connectivity index (χ0) is 27.6. The summed E-state index contributed by atoms with van der Waals surface area (Å²) in [5.41, 5.74) is 1.64. The molecule has 39 heavy (non-hydrogen) atoms. The van der Waals surface area contributed by atoms with Gasteiger partial charge < -0.3 is 10.6 Å². The standard InChI is InChI=1S/C27H36F2N8O2/c1-3-5-22(38)33-23(17-6-7-17)19-10-14-36-16-20(32-26(36)31-19)24(18-8-11-27(28,29)12-9-18)34-25(39)21-15-30-35-37(21)13-4-2/h10,14-18,23-24H,3-9,11-13H2,1-2H3,(H,33,38)(H,34,39)/t23-,24+/m1/s1. The normalized spacial score (nSPS) is 19.1. The number of aryl methyl sites for hydroxylation is 1. The number of halogens is 2. The fraction of sp³-hybridized carbons (Fsp3) is 0.630. The van der Waals surface area contributed by atoms with Gasteiger partial charge in [0.15, 0.2) is 0 Å². The Bertz CT molecular complexity index is 1310. The second-order valence-corrected chi connectivity index (χ2v) is 10.8. The predicted molar refractivity (Wildman–Crippen MR) is 139 cm³/mol. The Morgan fingerprint density at radius 3 is 2.41 bits per heavy atom. The summed E-state index contributed by atoms with van der Waals surface area (Å²) in [5.74, 6) is -2.46. The van der Waals surface area contributed by atoms with Gasteiger partial charge >= 0.3 is 0 Å². The van der Waals surface area contributed by atoms with Gasteiger partial charge in [-0.2, -0.15) is 0 Å². The van der Waals surface area contributed by atoms with E-state index in [4.69, 9.17) is 9.97 Å². The molecule has 2 atom stereocenters. The minimum absolute atomic E-state index is 0.00813. The number of hydrogen-bond acceptors (Lipinski definition) is 6. The average molecular weight is 543 g/mol. The van der Waals surface area contributed by atoms with E-state index in [0.29, 0.717) is 36.0 Å². The summed E-state index contributed by atoms with van der Waals surface area (Å²) in [5, 5.41) is 14.1. The monoisotopic (exact) mass is 542 g/mol. The highest BCUT2D eigenvalue weighted by Gasteiger charge is 2.40. The third-order valence-electron chi connectivity index (χ3n) is 7.70. The van der Waals surface area contributed by atoms with Crippen LogP contribution in [0.25, 0.3) is 5.78 Å². The van der Waals surface area contributed by atoms with Crippen molar-refractivity contribution in [2.75, 3.05) is 0 Å². The molecule has 0 unspecified atom stereocenters. The quantitative estimate of drug-likeness (QED) is 0.371. The van der Waals surface area contributed by atoms with Gasteiger partial charge in [0.1, 0.15) is 5.69 Å². The van der Waals surface area contributed by atoms with E-state index in [0.717, 1.165) is 31.4 Å². The van der Waals surface area contributed by atoms with Crippen LogP contribution in [0.1, 0.15) is 106 Å². The molecule has 2 N–H and O–H groups in total. The largest absolute Gasteiger partial charge is 0.347 e. The first-order valence-corrected chi connectivity index (χ1v) is 14.0. The molecular weight excluding hydrogens is 506 g/mol. The Hall–Kier alpha value is -3.44. The number of alkyl halides is 2. The summed E-state index contributed by atoms with van der Waals surface area (Å²) in [6.07, 6.45) is 9.24. The molecule has 5 rings (SSSR count). The molecule has 3 aromatic rings. The molecule has 2 fully saturated rings. The van der Waals surface area contributed by atoms with Gasteiger partial charge in [-0.25, -0.2) is 23.4 Å². The highest BCUT2D eigenvalue weighted by Crippen LogP contribution is 2.42. The van der Waals surface area contributed by atoms with Crippen LogP contribution in [0.2, 0.25) is 0 Å². The van der Waals surface area contributed by atoms with Crippen LogP contribution in [-0.4, -0.2) is 47.1 Å². The second kappa shape index (κ2) is 11.4. The third kappa shape index (κ3) is 6.25. The Labute approximate surface area is 226 Å². The molecule has 210 valence electrons. The number of rotatable bonds is 11. The van der Waals surface area contributed by atoms with Gasteiger partial charge in [-0.1, -0.05) is 19.1 Å². The number of fused-ring (bicyclic) bond motifs is 1. The minimum atomic E-state index is -2.69. The van der Waals surface area contributed by atoms with Crippen LogP contribution in [0.4, 0.5) is 8.78 Å². The fourth-order valence-electron chi connectivity index (χ4n) is 5.42. The first kappa shape index (κ1) is 27.1. The summed E-state index contributed by atoms with van der Waals surface area (Å²) in [6, 6.07) is 1.14. The smallest absolute Gasteiger partial charge is 0.271 e. The molecule has 2 aliphatic carbocycles. The molecular formula is C27H36F2N8O2. The Morgan fingerprint density at radius 2 is 1.72 bits per heavy atom. The van der Waals surface area contributed by atoms with Crippen molar-refractivity contribution in [1.82, 2.24) is 40.0 Å². The Morgan fingerprint density at radius 1 is 1.03 bits per heavy atom. The molecule has 0 aliphatic heterocycles. The molecule has 12 heteroatoms. The SMILES string of the molecule is CCCC(=O)N[C@@H](c1ccn2cc([C@@H](NC(=O)c3cnnn3CCC)C3CCC(F)(F)CC3)nc2n1)C1CC1. The highest BCUT2D eigenvalue weighted by atomic mass is 19.3. The van der Waals surface area contributed by atoms with E-state index in [1.165, 1.54) is 6.20 Å². The van der Waals surface area contributed by atoms with Crippen LogP contribution in [0.15, 0.2) is 24.7 Å². The number of nitrogens with one attached hydrogen (secondary N) is 2. The zero-order valence-corrected chi connectivity index (χ0v) is 22.4. The molecule has 0 aromatic carbocycles. The van der Waals surface area contributed by atoms with Crippen molar-refractivity contribution in [3.8, 4) is 0 Å². The van der Waals surface area contributed by atoms with Crippen molar-refractivity contribution in [3.63, 3.8) is 0 Å². The second-order valence-electron chi connectivity index (χ2n) is 10.8. The molecule has 0 spiro atoms. The van der Waals surface area contributed by atoms with Gasteiger partial charge in [-0.15, -0.1) is 5.10 Å². The maximum atomic E-state index is 14.0. The van der Waals surface area contributed by atoms with Crippen molar-refractivity contribution in [1.29, 1.82) is 0 Å². The van der Waals surface area contributed by atoms with Gasteiger partial charge in [0, 0.05) is 38.2 Å². The van der Waals surface area contributed by atoms with Crippen LogP contribution in [0.5, 0.6) is 0 Å². The van der Waals surface area contributed by atoms with E-state index in [9.17, 15) is 18.4 Å². The van der Waals surface area contributed by atoms with Crippen LogP contribution < -0.4 is 10.6 Å². The lowest BCUT2D eigenvalue weighted by atomic mass is 9.81. The van der Waals surface area contributed by atoms with Crippen molar-refractivity contribution < 1.29 is 18.4 Å². The number of aromatic nitrogens is 6. The van der Waals surface area contributed by atoms with Crippen LogP contribution >= 0.6 is 0 Å². The molecule has 2 aliphatic rings. The fourth-order valence-corrected chi connectivity index (χ4v) is 5.42. The predicted octanol–water partition coefficient (Wildman–Crippen LogP) is 4.39. The van der Waals surface area contributed by atoms with Gasteiger partial charge in [0.05, 0.1) is 29.7 Å². The first-order chi connectivity index (χ1) is 18.8. The molecule has 10 nitrogen and oxygen atoms in total. The van der Waals surface area contributed by atoms with E-state index >= 15 is 0 Å². The van der Waals surface area contributed by atoms with Crippen LogP contribution in [0.3, 0.4) is 0 Å².